The third kappa shape index (κ3) is 2.64. The van der Waals surface area contributed by atoms with Crippen LogP contribution in [0.3, 0.4) is 0 Å². The van der Waals surface area contributed by atoms with Crippen LogP contribution < -0.4 is 0 Å². The lowest BCUT2D eigenvalue weighted by atomic mass is 10.1. The first-order chi connectivity index (χ1) is 5.84. The normalized spacial score (nSPS) is 21.4. The molecule has 1 heterocycles. The zero-order chi connectivity index (χ0) is 8.81. The summed E-state index contributed by atoms with van der Waals surface area (Å²) >= 11 is 0. The van der Waals surface area contributed by atoms with Gasteiger partial charge in [0.1, 0.15) is 0 Å². The Morgan fingerprint density at radius 1 is 1.50 bits per heavy atom. The van der Waals surface area contributed by atoms with E-state index in [0.29, 0.717) is 0 Å². The third-order valence-electron chi connectivity index (χ3n) is 2.00. The molecule has 0 N–H and O–H groups in total. The molecular formula is C9H15NO2. The number of ether oxygens (including phenoxy) is 1. The van der Waals surface area contributed by atoms with Crippen molar-refractivity contribution in [2.45, 2.75) is 45.1 Å². The summed E-state index contributed by atoms with van der Waals surface area (Å²) in [5.74, 6) is -0.119. The number of hydrogen-bond acceptors (Lipinski definition) is 2. The van der Waals surface area contributed by atoms with Crippen molar-refractivity contribution in [2.75, 3.05) is 0 Å². The Morgan fingerprint density at radius 3 is 2.92 bits per heavy atom. The largest absolute Gasteiger partial charge is 0.470 e. The van der Waals surface area contributed by atoms with Gasteiger partial charge in [-0.25, -0.2) is 0 Å². The zero-order valence-corrected chi connectivity index (χ0v) is 7.45. The molecule has 1 rings (SSSR count). The number of amides is 1. The molecule has 1 aliphatic heterocycles. The number of rotatable bonds is 5. The number of hydrogen-bond donors (Lipinski definition) is 0. The second-order valence-electron chi connectivity index (χ2n) is 3.05. The maximum Gasteiger partial charge on any atom is 0.289 e. The molecule has 0 fully saturated rings. The highest BCUT2D eigenvalue weighted by Crippen LogP contribution is 2.11. The zero-order valence-electron chi connectivity index (χ0n) is 7.45. The number of carbonyl (C=O) groups is 1. The average molecular weight is 169 g/mol. The lowest BCUT2D eigenvalue weighted by Gasteiger charge is -2.05. The van der Waals surface area contributed by atoms with Gasteiger partial charge in [0.25, 0.3) is 5.91 Å². The summed E-state index contributed by atoms with van der Waals surface area (Å²) in [6.45, 7) is 2.17. The molecule has 0 aromatic carbocycles. The van der Waals surface area contributed by atoms with Crippen LogP contribution in [0, 0.1) is 0 Å². The molecule has 0 aromatic rings. The van der Waals surface area contributed by atoms with Gasteiger partial charge in [-0.05, 0) is 12.8 Å². The van der Waals surface area contributed by atoms with Crippen LogP contribution in [0.5, 0.6) is 0 Å². The first kappa shape index (κ1) is 9.23. The van der Waals surface area contributed by atoms with Gasteiger partial charge in [-0.3, -0.25) is 4.79 Å². The van der Waals surface area contributed by atoms with Crippen LogP contribution in [-0.2, 0) is 9.53 Å². The quantitative estimate of drug-likeness (QED) is 0.590. The Morgan fingerprint density at radius 2 is 2.33 bits per heavy atom. The summed E-state index contributed by atoms with van der Waals surface area (Å²) in [7, 11) is 0. The van der Waals surface area contributed by atoms with Crippen LogP contribution >= 0.6 is 0 Å². The SMILES string of the molecule is CCCCCC[C@@H]1OC=NC1=O. The van der Waals surface area contributed by atoms with Gasteiger partial charge in [-0.15, -0.1) is 0 Å². The molecule has 3 nitrogen and oxygen atoms in total. The minimum absolute atomic E-state index is 0.119. The molecular weight excluding hydrogens is 154 g/mol. The molecule has 1 aliphatic rings. The summed E-state index contributed by atoms with van der Waals surface area (Å²) in [4.78, 5) is 14.4. The molecule has 0 saturated heterocycles. The first-order valence-corrected chi connectivity index (χ1v) is 4.56. The van der Waals surface area contributed by atoms with Crippen LogP contribution in [0.4, 0.5) is 0 Å². The van der Waals surface area contributed by atoms with E-state index in [1.165, 1.54) is 25.7 Å². The summed E-state index contributed by atoms with van der Waals surface area (Å²) in [5, 5.41) is 0. The molecule has 68 valence electrons. The van der Waals surface area contributed by atoms with E-state index in [9.17, 15) is 4.79 Å². The van der Waals surface area contributed by atoms with Crippen molar-refractivity contribution in [2.24, 2.45) is 4.99 Å². The average Bonchev–Trinajstić information content (AvgIpc) is 2.46. The Hall–Kier alpha value is -0.860. The predicted molar refractivity (Wildman–Crippen MR) is 47.1 cm³/mol. The minimum atomic E-state index is -0.276. The molecule has 12 heavy (non-hydrogen) atoms. The summed E-state index contributed by atoms with van der Waals surface area (Å²) < 4.78 is 5.00. The van der Waals surface area contributed by atoms with Crippen LogP contribution in [-0.4, -0.2) is 18.4 Å². The number of aliphatic imine (C=N–C) groups is 1. The topological polar surface area (TPSA) is 38.7 Å². The van der Waals surface area contributed by atoms with E-state index in [-0.39, 0.29) is 12.0 Å². The van der Waals surface area contributed by atoms with Crippen molar-refractivity contribution in [3.8, 4) is 0 Å². The first-order valence-electron chi connectivity index (χ1n) is 4.56. The van der Waals surface area contributed by atoms with Gasteiger partial charge in [0, 0.05) is 0 Å². The van der Waals surface area contributed by atoms with Gasteiger partial charge in [-0.1, -0.05) is 26.2 Å². The highest BCUT2D eigenvalue weighted by atomic mass is 16.5. The fourth-order valence-electron chi connectivity index (χ4n) is 1.25. The molecule has 0 unspecified atom stereocenters. The summed E-state index contributed by atoms with van der Waals surface area (Å²) in [6, 6.07) is 0. The van der Waals surface area contributed by atoms with E-state index in [2.05, 4.69) is 11.9 Å². The number of unbranched alkanes of at least 4 members (excludes halogenated alkanes) is 3. The number of carbonyl (C=O) groups excluding carboxylic acids is 1. The summed E-state index contributed by atoms with van der Waals surface area (Å²) in [5.41, 5.74) is 0. The monoisotopic (exact) mass is 169 g/mol. The summed E-state index contributed by atoms with van der Waals surface area (Å²) in [6.07, 6.45) is 6.50. The smallest absolute Gasteiger partial charge is 0.289 e. The molecule has 1 amide bonds. The second-order valence-corrected chi connectivity index (χ2v) is 3.05. The van der Waals surface area contributed by atoms with E-state index in [1.807, 2.05) is 0 Å². The predicted octanol–water partition coefficient (Wildman–Crippen LogP) is 1.91. The molecule has 0 saturated carbocycles. The Kier molecular flexibility index (Phi) is 3.77. The van der Waals surface area contributed by atoms with E-state index in [0.717, 1.165) is 12.8 Å². The van der Waals surface area contributed by atoms with Crippen LogP contribution in [0.1, 0.15) is 39.0 Å². The number of nitrogens with zero attached hydrogens (tertiary/aromatic N) is 1. The maximum atomic E-state index is 10.9. The van der Waals surface area contributed by atoms with Crippen LogP contribution in [0.2, 0.25) is 0 Å². The van der Waals surface area contributed by atoms with Gasteiger partial charge in [0.15, 0.2) is 12.5 Å². The molecule has 0 radical (unpaired) electrons. The van der Waals surface area contributed by atoms with Gasteiger partial charge >= 0.3 is 0 Å². The van der Waals surface area contributed by atoms with Crippen molar-refractivity contribution < 1.29 is 9.53 Å². The Bertz CT molecular complexity index is 177. The van der Waals surface area contributed by atoms with Gasteiger partial charge in [0.05, 0.1) is 0 Å². The van der Waals surface area contributed by atoms with Gasteiger partial charge in [-0.2, -0.15) is 4.99 Å². The fraction of sp³-hybridized carbons (Fsp3) is 0.778. The van der Waals surface area contributed by atoms with Crippen molar-refractivity contribution >= 4 is 12.3 Å². The maximum absolute atomic E-state index is 10.9. The highest BCUT2D eigenvalue weighted by Gasteiger charge is 2.21. The van der Waals surface area contributed by atoms with E-state index < -0.39 is 0 Å². The van der Waals surface area contributed by atoms with E-state index in [1.54, 1.807) is 0 Å². The standard InChI is InChI=1S/C9H15NO2/c1-2-3-4-5-6-8-9(11)10-7-12-8/h7-8H,2-6H2,1H3/t8-/m0/s1. The second kappa shape index (κ2) is 4.91. The molecule has 1 atom stereocenters. The van der Waals surface area contributed by atoms with Crippen molar-refractivity contribution in [3.05, 3.63) is 0 Å². The lowest BCUT2D eigenvalue weighted by Crippen LogP contribution is -2.15. The van der Waals surface area contributed by atoms with Crippen molar-refractivity contribution in [1.82, 2.24) is 0 Å². The van der Waals surface area contributed by atoms with Crippen molar-refractivity contribution in [1.29, 1.82) is 0 Å². The molecule has 0 aliphatic carbocycles. The van der Waals surface area contributed by atoms with Crippen LogP contribution in [0.25, 0.3) is 0 Å². The highest BCUT2D eigenvalue weighted by molar-refractivity contribution is 5.91. The third-order valence-corrected chi connectivity index (χ3v) is 2.00. The molecule has 0 aromatic heterocycles. The molecule has 0 spiro atoms. The van der Waals surface area contributed by atoms with E-state index >= 15 is 0 Å². The minimum Gasteiger partial charge on any atom is -0.470 e. The van der Waals surface area contributed by atoms with Crippen LogP contribution in [0.15, 0.2) is 4.99 Å². The fourth-order valence-corrected chi connectivity index (χ4v) is 1.25. The van der Waals surface area contributed by atoms with Gasteiger partial charge in [0.2, 0.25) is 0 Å². The van der Waals surface area contributed by atoms with E-state index in [4.69, 9.17) is 4.74 Å². The lowest BCUT2D eigenvalue weighted by molar-refractivity contribution is -0.122. The molecule has 0 bridgehead atoms. The van der Waals surface area contributed by atoms with Crippen molar-refractivity contribution in [3.63, 3.8) is 0 Å². The van der Waals surface area contributed by atoms with Gasteiger partial charge < -0.3 is 4.74 Å². The Labute approximate surface area is 72.8 Å². The Balaban J connectivity index is 2.04. The molecule has 3 heteroatoms.